The molecule has 1 fully saturated rings. The Bertz CT molecular complexity index is 666. The van der Waals surface area contributed by atoms with Crippen molar-refractivity contribution in [2.75, 3.05) is 26.7 Å². The molecule has 0 amide bonds. The molecule has 0 aromatic heterocycles. The molecule has 2 aromatic rings. The Hall–Kier alpha value is -1.84. The minimum absolute atomic E-state index is 0.418. The van der Waals surface area contributed by atoms with Gasteiger partial charge in [0, 0.05) is 32.2 Å². The summed E-state index contributed by atoms with van der Waals surface area (Å²) < 4.78 is 5.26. The fraction of sp³-hybridized carbons (Fsp3) is 0.455. The number of benzene rings is 2. The highest BCUT2D eigenvalue weighted by molar-refractivity contribution is 5.31. The van der Waals surface area contributed by atoms with Crippen LogP contribution in [0.1, 0.15) is 36.6 Å². The average Bonchev–Trinajstić information content (AvgIpc) is 2.62. The number of rotatable bonds is 6. The summed E-state index contributed by atoms with van der Waals surface area (Å²) in [6.45, 7) is 8.77. The first kappa shape index (κ1) is 18.0. The normalized spacial score (nSPS) is 18.5. The van der Waals surface area contributed by atoms with Crippen molar-refractivity contribution in [3.8, 4) is 5.75 Å². The van der Waals surface area contributed by atoms with Gasteiger partial charge in [0.25, 0.3) is 0 Å². The first-order chi connectivity index (χ1) is 12.2. The van der Waals surface area contributed by atoms with Crippen molar-refractivity contribution in [3.05, 3.63) is 65.2 Å². The SMILES string of the molecule is COc1ccc(CN2CCNC(c3ccccc3CC(C)C)C2)cc1. The maximum absolute atomic E-state index is 5.26. The summed E-state index contributed by atoms with van der Waals surface area (Å²) in [5, 5.41) is 3.72. The van der Waals surface area contributed by atoms with Crippen molar-refractivity contribution in [3.63, 3.8) is 0 Å². The predicted octanol–water partition coefficient (Wildman–Crippen LogP) is 4.04. The molecule has 0 radical (unpaired) electrons. The highest BCUT2D eigenvalue weighted by atomic mass is 16.5. The number of nitrogens with zero attached hydrogens (tertiary/aromatic N) is 1. The van der Waals surface area contributed by atoms with Crippen LogP contribution >= 0.6 is 0 Å². The lowest BCUT2D eigenvalue weighted by atomic mass is 9.93. The van der Waals surface area contributed by atoms with Gasteiger partial charge in [0.15, 0.2) is 0 Å². The smallest absolute Gasteiger partial charge is 0.118 e. The van der Waals surface area contributed by atoms with Crippen LogP contribution in [0.5, 0.6) is 5.75 Å². The molecule has 1 heterocycles. The van der Waals surface area contributed by atoms with E-state index >= 15 is 0 Å². The van der Waals surface area contributed by atoms with Gasteiger partial charge >= 0.3 is 0 Å². The van der Waals surface area contributed by atoms with Crippen LogP contribution < -0.4 is 10.1 Å². The van der Waals surface area contributed by atoms with Gasteiger partial charge in [-0.15, -0.1) is 0 Å². The number of hydrogen-bond donors (Lipinski definition) is 1. The van der Waals surface area contributed by atoms with Crippen LogP contribution in [-0.4, -0.2) is 31.6 Å². The largest absolute Gasteiger partial charge is 0.497 e. The quantitative estimate of drug-likeness (QED) is 0.860. The summed E-state index contributed by atoms with van der Waals surface area (Å²) >= 11 is 0. The van der Waals surface area contributed by atoms with Crippen molar-refractivity contribution in [2.45, 2.75) is 32.9 Å². The molecule has 1 atom stereocenters. The Balaban J connectivity index is 1.68. The molecule has 1 N–H and O–H groups in total. The van der Waals surface area contributed by atoms with Gasteiger partial charge in [0.2, 0.25) is 0 Å². The third kappa shape index (κ3) is 4.83. The highest BCUT2D eigenvalue weighted by Crippen LogP contribution is 2.24. The van der Waals surface area contributed by atoms with E-state index in [9.17, 15) is 0 Å². The molecule has 3 nitrogen and oxygen atoms in total. The van der Waals surface area contributed by atoms with Crippen LogP contribution in [0.3, 0.4) is 0 Å². The van der Waals surface area contributed by atoms with Gasteiger partial charge in [0.05, 0.1) is 7.11 Å². The Labute approximate surface area is 152 Å². The maximum Gasteiger partial charge on any atom is 0.118 e. The molecule has 1 aliphatic heterocycles. The molecule has 0 spiro atoms. The molecule has 0 saturated carbocycles. The van der Waals surface area contributed by atoms with Crippen LogP contribution in [0, 0.1) is 5.92 Å². The number of piperazine rings is 1. The number of hydrogen-bond acceptors (Lipinski definition) is 3. The van der Waals surface area contributed by atoms with E-state index in [1.807, 2.05) is 12.1 Å². The van der Waals surface area contributed by atoms with Crippen LogP contribution in [0.4, 0.5) is 0 Å². The summed E-state index contributed by atoms with van der Waals surface area (Å²) in [7, 11) is 1.71. The topological polar surface area (TPSA) is 24.5 Å². The van der Waals surface area contributed by atoms with Crippen LogP contribution in [-0.2, 0) is 13.0 Å². The first-order valence-electron chi connectivity index (χ1n) is 9.32. The maximum atomic E-state index is 5.26. The molecular weight excluding hydrogens is 308 g/mol. The van der Waals surface area contributed by atoms with Crippen molar-refractivity contribution >= 4 is 0 Å². The monoisotopic (exact) mass is 338 g/mol. The van der Waals surface area contributed by atoms with Crippen molar-refractivity contribution in [1.82, 2.24) is 10.2 Å². The lowest BCUT2D eigenvalue weighted by Crippen LogP contribution is -2.45. The van der Waals surface area contributed by atoms with Crippen LogP contribution in [0.2, 0.25) is 0 Å². The van der Waals surface area contributed by atoms with Gasteiger partial charge in [-0.25, -0.2) is 0 Å². The van der Waals surface area contributed by atoms with E-state index in [0.717, 1.165) is 38.3 Å². The summed E-state index contributed by atoms with van der Waals surface area (Å²) in [5.74, 6) is 1.60. The molecule has 1 aliphatic rings. The van der Waals surface area contributed by atoms with E-state index in [0.29, 0.717) is 12.0 Å². The fourth-order valence-electron chi connectivity index (χ4n) is 3.65. The van der Waals surface area contributed by atoms with Crippen molar-refractivity contribution in [1.29, 1.82) is 0 Å². The molecular formula is C22H30N2O. The second kappa shape index (κ2) is 8.50. The third-order valence-electron chi connectivity index (χ3n) is 4.88. The lowest BCUT2D eigenvalue weighted by molar-refractivity contribution is 0.192. The second-order valence-electron chi connectivity index (χ2n) is 7.39. The van der Waals surface area contributed by atoms with Gasteiger partial charge in [0.1, 0.15) is 5.75 Å². The van der Waals surface area contributed by atoms with Crippen LogP contribution in [0.15, 0.2) is 48.5 Å². The Morgan fingerprint density at radius 1 is 1.12 bits per heavy atom. The second-order valence-corrected chi connectivity index (χ2v) is 7.39. The minimum atomic E-state index is 0.418. The molecule has 1 unspecified atom stereocenters. The molecule has 1 saturated heterocycles. The minimum Gasteiger partial charge on any atom is -0.497 e. The summed E-state index contributed by atoms with van der Waals surface area (Å²) in [5.41, 5.74) is 4.30. The zero-order valence-corrected chi connectivity index (χ0v) is 15.7. The Morgan fingerprint density at radius 3 is 2.60 bits per heavy atom. The molecule has 0 bridgehead atoms. The third-order valence-corrected chi connectivity index (χ3v) is 4.88. The molecule has 0 aliphatic carbocycles. The van der Waals surface area contributed by atoms with E-state index < -0.39 is 0 Å². The van der Waals surface area contributed by atoms with Crippen molar-refractivity contribution < 1.29 is 4.74 Å². The fourth-order valence-corrected chi connectivity index (χ4v) is 3.65. The Morgan fingerprint density at radius 2 is 1.88 bits per heavy atom. The summed E-state index contributed by atoms with van der Waals surface area (Å²) in [4.78, 5) is 2.55. The first-order valence-corrected chi connectivity index (χ1v) is 9.32. The van der Waals surface area contributed by atoms with E-state index in [4.69, 9.17) is 4.74 Å². The molecule has 2 aromatic carbocycles. The molecule has 25 heavy (non-hydrogen) atoms. The van der Waals surface area contributed by atoms with E-state index in [1.54, 1.807) is 7.11 Å². The van der Waals surface area contributed by atoms with Gasteiger partial charge in [-0.2, -0.15) is 0 Å². The Kier molecular flexibility index (Phi) is 6.11. The number of methoxy groups -OCH3 is 1. The molecule has 134 valence electrons. The summed E-state index contributed by atoms with van der Waals surface area (Å²) in [6.07, 6.45) is 1.15. The zero-order chi connectivity index (χ0) is 17.6. The van der Waals surface area contributed by atoms with Gasteiger partial charge in [-0.3, -0.25) is 4.90 Å². The summed E-state index contributed by atoms with van der Waals surface area (Å²) in [6, 6.07) is 17.8. The number of nitrogens with one attached hydrogen (secondary N) is 1. The zero-order valence-electron chi connectivity index (χ0n) is 15.7. The highest BCUT2D eigenvalue weighted by Gasteiger charge is 2.22. The van der Waals surface area contributed by atoms with Gasteiger partial charge in [-0.05, 0) is 41.2 Å². The average molecular weight is 338 g/mol. The van der Waals surface area contributed by atoms with Gasteiger partial charge in [-0.1, -0.05) is 50.2 Å². The van der Waals surface area contributed by atoms with E-state index in [-0.39, 0.29) is 0 Å². The standard InChI is InChI=1S/C22H30N2O/c1-17(2)14-19-6-4-5-7-21(19)22-16-24(13-12-23-22)15-18-8-10-20(25-3)11-9-18/h4-11,17,22-23H,12-16H2,1-3H3. The number of ether oxygens (including phenoxy) is 1. The molecule has 3 heteroatoms. The van der Waals surface area contributed by atoms with E-state index in [1.165, 1.54) is 16.7 Å². The van der Waals surface area contributed by atoms with Crippen LogP contribution in [0.25, 0.3) is 0 Å². The van der Waals surface area contributed by atoms with Gasteiger partial charge < -0.3 is 10.1 Å². The predicted molar refractivity (Wildman–Crippen MR) is 104 cm³/mol. The van der Waals surface area contributed by atoms with E-state index in [2.05, 4.69) is 60.5 Å². The van der Waals surface area contributed by atoms with Crippen molar-refractivity contribution in [2.24, 2.45) is 5.92 Å². The lowest BCUT2D eigenvalue weighted by Gasteiger charge is -2.35. The molecule has 3 rings (SSSR count).